The second-order valence-corrected chi connectivity index (χ2v) is 4.80. The van der Waals surface area contributed by atoms with Gasteiger partial charge in [-0.15, -0.1) is 0 Å². The summed E-state index contributed by atoms with van der Waals surface area (Å²) in [5.41, 5.74) is 2.70. The van der Waals surface area contributed by atoms with Crippen LogP contribution in [0.5, 0.6) is 0 Å². The molecule has 4 heteroatoms. The molecule has 0 unspecified atom stereocenters. The Kier molecular flexibility index (Phi) is 2.99. The summed E-state index contributed by atoms with van der Waals surface area (Å²) in [4.78, 5) is 24.7. The van der Waals surface area contributed by atoms with Crippen molar-refractivity contribution in [3.63, 3.8) is 0 Å². The molecule has 100 valence electrons. The number of anilines is 1. The Hall–Kier alpha value is -2.62. The number of amides is 2. The van der Waals surface area contributed by atoms with E-state index in [1.54, 1.807) is 6.07 Å². The van der Waals surface area contributed by atoms with Crippen molar-refractivity contribution in [3.8, 4) is 0 Å². The largest absolute Gasteiger partial charge is 0.336 e. The fourth-order valence-electron chi connectivity index (χ4n) is 2.43. The van der Waals surface area contributed by atoms with Crippen LogP contribution in [0.15, 0.2) is 48.5 Å². The average Bonchev–Trinajstić information content (AvgIpc) is 2.57. The SMILES string of the molecule is Cc1cccc2c1C(=O)N[C@@H](c1ccccc1)C(=O)N2. The Morgan fingerprint density at radius 1 is 0.950 bits per heavy atom. The highest BCUT2D eigenvalue weighted by Crippen LogP contribution is 2.26. The van der Waals surface area contributed by atoms with Crippen molar-refractivity contribution < 1.29 is 9.59 Å². The van der Waals surface area contributed by atoms with Crippen LogP contribution < -0.4 is 10.6 Å². The van der Waals surface area contributed by atoms with E-state index in [2.05, 4.69) is 10.6 Å². The molecule has 2 aromatic rings. The van der Waals surface area contributed by atoms with Crippen molar-refractivity contribution in [1.29, 1.82) is 0 Å². The number of benzene rings is 2. The molecule has 2 amide bonds. The van der Waals surface area contributed by atoms with E-state index in [-0.39, 0.29) is 11.8 Å². The third kappa shape index (κ3) is 2.05. The molecule has 2 aromatic carbocycles. The average molecular weight is 266 g/mol. The van der Waals surface area contributed by atoms with Crippen LogP contribution in [0.25, 0.3) is 0 Å². The van der Waals surface area contributed by atoms with E-state index in [1.807, 2.05) is 49.4 Å². The van der Waals surface area contributed by atoms with E-state index in [0.29, 0.717) is 11.3 Å². The van der Waals surface area contributed by atoms with Crippen LogP contribution in [0.2, 0.25) is 0 Å². The summed E-state index contributed by atoms with van der Waals surface area (Å²) in [7, 11) is 0. The van der Waals surface area contributed by atoms with Gasteiger partial charge in [-0.3, -0.25) is 9.59 Å². The lowest BCUT2D eigenvalue weighted by Gasteiger charge is -2.14. The molecule has 0 aliphatic carbocycles. The van der Waals surface area contributed by atoms with Crippen LogP contribution in [0.1, 0.15) is 27.5 Å². The Bertz CT molecular complexity index is 680. The summed E-state index contributed by atoms with van der Waals surface area (Å²) in [6.07, 6.45) is 0. The molecule has 0 saturated carbocycles. The predicted molar refractivity (Wildman–Crippen MR) is 76.5 cm³/mol. The number of hydrogen-bond acceptors (Lipinski definition) is 2. The maximum Gasteiger partial charge on any atom is 0.254 e. The van der Waals surface area contributed by atoms with Gasteiger partial charge in [-0.25, -0.2) is 0 Å². The summed E-state index contributed by atoms with van der Waals surface area (Å²) < 4.78 is 0. The van der Waals surface area contributed by atoms with Crippen molar-refractivity contribution >= 4 is 17.5 Å². The first-order chi connectivity index (χ1) is 9.66. The van der Waals surface area contributed by atoms with Crippen LogP contribution in [-0.2, 0) is 4.79 Å². The van der Waals surface area contributed by atoms with Crippen LogP contribution in [0.3, 0.4) is 0 Å². The van der Waals surface area contributed by atoms with Crippen molar-refractivity contribution in [2.24, 2.45) is 0 Å². The summed E-state index contributed by atoms with van der Waals surface area (Å²) >= 11 is 0. The van der Waals surface area contributed by atoms with Crippen molar-refractivity contribution in [3.05, 3.63) is 65.2 Å². The molecule has 1 atom stereocenters. The van der Waals surface area contributed by atoms with Crippen molar-refractivity contribution in [2.45, 2.75) is 13.0 Å². The van der Waals surface area contributed by atoms with E-state index in [4.69, 9.17) is 0 Å². The van der Waals surface area contributed by atoms with Gasteiger partial charge in [0.05, 0.1) is 11.3 Å². The Morgan fingerprint density at radius 2 is 1.70 bits per heavy atom. The fourth-order valence-corrected chi connectivity index (χ4v) is 2.43. The maximum absolute atomic E-state index is 12.4. The highest BCUT2D eigenvalue weighted by atomic mass is 16.2. The number of carbonyl (C=O) groups is 2. The first-order valence-electron chi connectivity index (χ1n) is 6.43. The van der Waals surface area contributed by atoms with Gasteiger partial charge >= 0.3 is 0 Å². The van der Waals surface area contributed by atoms with Crippen LogP contribution in [0.4, 0.5) is 5.69 Å². The van der Waals surface area contributed by atoms with E-state index in [0.717, 1.165) is 11.1 Å². The minimum atomic E-state index is -0.671. The Morgan fingerprint density at radius 3 is 2.45 bits per heavy atom. The second-order valence-electron chi connectivity index (χ2n) is 4.80. The molecule has 3 rings (SSSR count). The minimum Gasteiger partial charge on any atom is -0.336 e. The van der Waals surface area contributed by atoms with Gasteiger partial charge in [0.2, 0.25) is 0 Å². The van der Waals surface area contributed by atoms with E-state index in [9.17, 15) is 9.59 Å². The van der Waals surface area contributed by atoms with Gasteiger partial charge in [0.15, 0.2) is 0 Å². The van der Waals surface area contributed by atoms with E-state index in [1.165, 1.54) is 0 Å². The van der Waals surface area contributed by atoms with Crippen LogP contribution in [0, 0.1) is 6.92 Å². The van der Waals surface area contributed by atoms with E-state index >= 15 is 0 Å². The highest BCUT2D eigenvalue weighted by molar-refractivity contribution is 6.10. The highest BCUT2D eigenvalue weighted by Gasteiger charge is 2.29. The molecular weight excluding hydrogens is 252 g/mol. The summed E-state index contributed by atoms with van der Waals surface area (Å²) in [6.45, 7) is 1.85. The number of nitrogens with one attached hydrogen (secondary N) is 2. The van der Waals surface area contributed by atoms with Crippen LogP contribution >= 0.6 is 0 Å². The summed E-state index contributed by atoms with van der Waals surface area (Å²) in [5, 5.41) is 5.61. The number of carbonyl (C=O) groups excluding carboxylic acids is 2. The third-order valence-corrected chi connectivity index (χ3v) is 3.43. The molecule has 2 N–H and O–H groups in total. The molecule has 1 heterocycles. The quantitative estimate of drug-likeness (QED) is 0.832. The predicted octanol–water partition coefficient (Wildman–Crippen LogP) is 2.42. The fraction of sp³-hybridized carbons (Fsp3) is 0.125. The molecule has 1 aliphatic heterocycles. The molecule has 0 aromatic heterocycles. The Balaban J connectivity index is 2.04. The lowest BCUT2D eigenvalue weighted by atomic mass is 10.1. The Labute approximate surface area is 116 Å². The molecule has 0 bridgehead atoms. The normalized spacial score (nSPS) is 17.8. The van der Waals surface area contributed by atoms with Crippen molar-refractivity contribution in [2.75, 3.05) is 5.32 Å². The first kappa shape index (κ1) is 12.4. The van der Waals surface area contributed by atoms with Gasteiger partial charge in [0.1, 0.15) is 6.04 Å². The number of fused-ring (bicyclic) bond motifs is 1. The molecule has 0 fully saturated rings. The molecule has 1 aliphatic rings. The van der Waals surface area contributed by atoms with Gasteiger partial charge < -0.3 is 10.6 Å². The zero-order valence-corrected chi connectivity index (χ0v) is 11.0. The molecular formula is C16H14N2O2. The lowest BCUT2D eigenvalue weighted by Crippen LogP contribution is -2.33. The topological polar surface area (TPSA) is 58.2 Å². The number of aryl methyl sites for hydroxylation is 1. The zero-order valence-electron chi connectivity index (χ0n) is 11.0. The lowest BCUT2D eigenvalue weighted by molar-refractivity contribution is -0.118. The van der Waals surface area contributed by atoms with Gasteiger partial charge in [0, 0.05) is 0 Å². The van der Waals surface area contributed by atoms with Crippen molar-refractivity contribution in [1.82, 2.24) is 5.32 Å². The van der Waals surface area contributed by atoms with Gasteiger partial charge in [-0.2, -0.15) is 0 Å². The molecule has 4 nitrogen and oxygen atoms in total. The second kappa shape index (κ2) is 4.81. The van der Waals surface area contributed by atoms with Crippen LogP contribution in [-0.4, -0.2) is 11.8 Å². The summed E-state index contributed by atoms with van der Waals surface area (Å²) in [6, 6.07) is 14.0. The standard InChI is InChI=1S/C16H14N2O2/c1-10-6-5-9-12-13(10)15(19)18-14(16(20)17-12)11-7-3-2-4-8-11/h2-9,14H,1H3,(H,17,20)(H,18,19)/t14-/m0/s1. The number of hydrogen-bond donors (Lipinski definition) is 2. The smallest absolute Gasteiger partial charge is 0.254 e. The van der Waals surface area contributed by atoms with Gasteiger partial charge in [0.25, 0.3) is 11.8 Å². The third-order valence-electron chi connectivity index (χ3n) is 3.43. The van der Waals surface area contributed by atoms with Gasteiger partial charge in [-0.1, -0.05) is 42.5 Å². The molecule has 0 saturated heterocycles. The number of rotatable bonds is 1. The monoisotopic (exact) mass is 266 g/mol. The molecule has 0 spiro atoms. The maximum atomic E-state index is 12.4. The van der Waals surface area contributed by atoms with Gasteiger partial charge in [-0.05, 0) is 24.1 Å². The van der Waals surface area contributed by atoms with E-state index < -0.39 is 6.04 Å². The molecule has 20 heavy (non-hydrogen) atoms. The summed E-state index contributed by atoms with van der Waals surface area (Å²) in [5.74, 6) is -0.459. The minimum absolute atomic E-state index is 0.228. The first-order valence-corrected chi connectivity index (χ1v) is 6.43. The molecule has 0 radical (unpaired) electrons. The zero-order chi connectivity index (χ0) is 14.1.